The molecular weight excluding hydrogens is 693 g/mol. The van der Waals surface area contributed by atoms with Crippen molar-refractivity contribution in [1.29, 1.82) is 0 Å². The van der Waals surface area contributed by atoms with Crippen LogP contribution in [0.2, 0.25) is 0 Å². The summed E-state index contributed by atoms with van der Waals surface area (Å²) in [6.45, 7) is 0.472. The van der Waals surface area contributed by atoms with Gasteiger partial charge in [0.1, 0.15) is 23.0 Å². The second-order valence-corrected chi connectivity index (χ2v) is 14.7. The SMILES string of the molecule is COc1ccc2ccccc2c1-c1c(O)c(C=N[C@H]2CCCCC2NCc2cc3ccccc3c(-c3c(OC)ccc4ccccc34)c2O)cc2ccccc12. The summed E-state index contributed by atoms with van der Waals surface area (Å²) < 4.78 is 11.8. The first-order valence-electron chi connectivity index (χ1n) is 19.4. The van der Waals surface area contributed by atoms with Gasteiger partial charge < -0.3 is 25.0 Å². The van der Waals surface area contributed by atoms with Gasteiger partial charge in [0.2, 0.25) is 0 Å². The van der Waals surface area contributed by atoms with Gasteiger partial charge in [-0.05, 0) is 80.2 Å². The summed E-state index contributed by atoms with van der Waals surface area (Å²) in [6.07, 6.45) is 5.91. The molecule has 0 aliphatic heterocycles. The third-order valence-corrected chi connectivity index (χ3v) is 11.6. The molecular formula is C50H44N2O4. The number of methoxy groups -OCH3 is 2. The van der Waals surface area contributed by atoms with Crippen LogP contribution in [0.1, 0.15) is 36.8 Å². The van der Waals surface area contributed by atoms with E-state index in [-0.39, 0.29) is 23.6 Å². The summed E-state index contributed by atoms with van der Waals surface area (Å²) in [7, 11) is 3.36. The molecule has 1 saturated carbocycles. The first-order valence-corrected chi connectivity index (χ1v) is 19.4. The molecule has 2 atom stereocenters. The first kappa shape index (κ1) is 35.3. The van der Waals surface area contributed by atoms with Gasteiger partial charge in [0.15, 0.2) is 0 Å². The molecule has 1 aliphatic rings. The molecule has 3 N–H and O–H groups in total. The monoisotopic (exact) mass is 736 g/mol. The van der Waals surface area contributed by atoms with E-state index in [9.17, 15) is 10.2 Å². The maximum Gasteiger partial charge on any atom is 0.132 e. The van der Waals surface area contributed by atoms with Crippen LogP contribution in [0, 0.1) is 0 Å². The Balaban J connectivity index is 1.07. The lowest BCUT2D eigenvalue weighted by molar-refractivity contribution is 0.327. The molecule has 0 heterocycles. The van der Waals surface area contributed by atoms with Crippen molar-refractivity contribution in [2.75, 3.05) is 14.2 Å². The van der Waals surface area contributed by atoms with E-state index in [1.54, 1.807) is 14.2 Å². The van der Waals surface area contributed by atoms with Crippen molar-refractivity contribution < 1.29 is 19.7 Å². The first-order chi connectivity index (χ1) is 27.5. The van der Waals surface area contributed by atoms with Crippen LogP contribution in [-0.4, -0.2) is 42.7 Å². The van der Waals surface area contributed by atoms with Gasteiger partial charge in [0.05, 0.1) is 20.3 Å². The molecule has 278 valence electrons. The van der Waals surface area contributed by atoms with Crippen LogP contribution in [0.3, 0.4) is 0 Å². The molecule has 6 heteroatoms. The zero-order valence-corrected chi connectivity index (χ0v) is 31.6. The van der Waals surface area contributed by atoms with Gasteiger partial charge in [-0.1, -0.05) is 122 Å². The minimum absolute atomic E-state index is 0.00890. The lowest BCUT2D eigenvalue weighted by Crippen LogP contribution is -2.40. The lowest BCUT2D eigenvalue weighted by Gasteiger charge is -2.30. The molecule has 6 nitrogen and oxygen atoms in total. The van der Waals surface area contributed by atoms with E-state index in [1.807, 2.05) is 72.9 Å². The van der Waals surface area contributed by atoms with Crippen molar-refractivity contribution in [3.8, 4) is 45.3 Å². The fraction of sp³-hybridized carbons (Fsp3) is 0.180. The molecule has 0 bridgehead atoms. The quantitative estimate of drug-likeness (QED) is 0.129. The molecule has 1 fully saturated rings. The Labute approximate surface area is 326 Å². The van der Waals surface area contributed by atoms with Crippen LogP contribution in [0.25, 0.3) is 65.3 Å². The molecule has 0 amide bonds. The van der Waals surface area contributed by atoms with E-state index < -0.39 is 0 Å². The normalized spacial score (nSPS) is 16.0. The molecule has 0 saturated heterocycles. The predicted molar refractivity (Wildman–Crippen MR) is 231 cm³/mol. The van der Waals surface area contributed by atoms with Crippen LogP contribution >= 0.6 is 0 Å². The number of ether oxygens (including phenoxy) is 2. The highest BCUT2D eigenvalue weighted by molar-refractivity contribution is 6.13. The summed E-state index contributed by atoms with van der Waals surface area (Å²) in [4.78, 5) is 5.19. The number of rotatable bonds is 9. The van der Waals surface area contributed by atoms with E-state index in [2.05, 4.69) is 72.0 Å². The van der Waals surface area contributed by atoms with Crippen LogP contribution in [0.5, 0.6) is 23.0 Å². The summed E-state index contributed by atoms with van der Waals surface area (Å²) >= 11 is 0. The minimum Gasteiger partial charge on any atom is -0.507 e. The number of aliphatic imine (C=N–C) groups is 1. The molecule has 8 aromatic carbocycles. The van der Waals surface area contributed by atoms with Gasteiger partial charge in [-0.15, -0.1) is 0 Å². The van der Waals surface area contributed by atoms with Gasteiger partial charge in [-0.2, -0.15) is 0 Å². The maximum atomic E-state index is 12.1. The van der Waals surface area contributed by atoms with E-state index >= 15 is 0 Å². The molecule has 8 aromatic rings. The standard InChI is InChI=1S/C50H44N2O4/c1-55-43-25-23-31-13-3-7-17-37(31)45(43)47-39-19-9-5-15-33(39)27-35(49(47)53)29-51-41-21-11-12-22-42(41)52-30-36-28-34-16-6-10-20-40(34)48(50(36)54)46-38-18-8-4-14-32(38)24-26-44(46)56-2/h3-10,13-20,23-29,41-42,52-54H,11-12,21-22,30H2,1-2H3/t41-,42?/m0/s1. The van der Waals surface area contributed by atoms with Crippen LogP contribution in [0.15, 0.2) is 138 Å². The number of benzene rings is 8. The topological polar surface area (TPSA) is 83.3 Å². The minimum atomic E-state index is -0.00890. The van der Waals surface area contributed by atoms with Crippen LogP contribution in [-0.2, 0) is 6.54 Å². The number of nitrogens with one attached hydrogen (secondary N) is 1. The van der Waals surface area contributed by atoms with E-state index in [1.165, 1.54) is 0 Å². The molecule has 56 heavy (non-hydrogen) atoms. The Morgan fingerprint density at radius 3 is 1.62 bits per heavy atom. The van der Waals surface area contributed by atoms with Crippen LogP contribution in [0.4, 0.5) is 0 Å². The smallest absolute Gasteiger partial charge is 0.132 e. The summed E-state index contributed by atoms with van der Waals surface area (Å²) in [5, 5.41) is 36.2. The highest BCUT2D eigenvalue weighted by Gasteiger charge is 2.26. The number of aromatic hydroxyl groups is 2. The van der Waals surface area contributed by atoms with Gasteiger partial charge >= 0.3 is 0 Å². The fourth-order valence-corrected chi connectivity index (χ4v) is 8.80. The molecule has 0 radical (unpaired) electrons. The Kier molecular flexibility index (Phi) is 9.49. The number of nitrogens with zero attached hydrogens (tertiary/aromatic N) is 1. The molecule has 1 unspecified atom stereocenters. The largest absolute Gasteiger partial charge is 0.507 e. The molecule has 0 spiro atoms. The van der Waals surface area contributed by atoms with E-state index in [4.69, 9.17) is 14.5 Å². The lowest BCUT2D eigenvalue weighted by atomic mass is 9.89. The van der Waals surface area contributed by atoms with Crippen LogP contribution < -0.4 is 14.8 Å². The average molecular weight is 737 g/mol. The van der Waals surface area contributed by atoms with Gasteiger partial charge in [0.25, 0.3) is 0 Å². The van der Waals surface area contributed by atoms with Crippen molar-refractivity contribution >= 4 is 49.3 Å². The van der Waals surface area contributed by atoms with Gasteiger partial charge in [-0.25, -0.2) is 0 Å². The zero-order chi connectivity index (χ0) is 38.2. The zero-order valence-electron chi connectivity index (χ0n) is 31.6. The predicted octanol–water partition coefficient (Wildman–Crippen LogP) is 11.6. The number of fused-ring (bicyclic) bond motifs is 4. The number of hydrogen-bond acceptors (Lipinski definition) is 6. The van der Waals surface area contributed by atoms with Crippen molar-refractivity contribution in [3.05, 3.63) is 145 Å². The number of hydrogen-bond donors (Lipinski definition) is 3. The summed E-state index contributed by atoms with van der Waals surface area (Å²) in [5.41, 5.74) is 4.75. The van der Waals surface area contributed by atoms with Crippen molar-refractivity contribution in [1.82, 2.24) is 5.32 Å². The molecule has 9 rings (SSSR count). The van der Waals surface area contributed by atoms with Crippen molar-refractivity contribution in [2.45, 2.75) is 44.3 Å². The Morgan fingerprint density at radius 1 is 0.571 bits per heavy atom. The Morgan fingerprint density at radius 2 is 1.05 bits per heavy atom. The third kappa shape index (κ3) is 6.26. The highest BCUT2D eigenvalue weighted by atomic mass is 16.5. The van der Waals surface area contributed by atoms with Crippen molar-refractivity contribution in [2.24, 2.45) is 4.99 Å². The van der Waals surface area contributed by atoms with Gasteiger partial charge in [-0.3, -0.25) is 4.99 Å². The summed E-state index contributed by atoms with van der Waals surface area (Å²) in [6, 6.07) is 45.1. The average Bonchev–Trinajstić information content (AvgIpc) is 3.25. The van der Waals surface area contributed by atoms with Gasteiger partial charge in [0, 0.05) is 52.2 Å². The fourth-order valence-electron chi connectivity index (χ4n) is 8.80. The number of phenols is 2. The van der Waals surface area contributed by atoms with E-state index in [0.717, 1.165) is 102 Å². The maximum absolute atomic E-state index is 12.1. The second kappa shape index (κ2) is 15.0. The third-order valence-electron chi connectivity index (χ3n) is 11.6. The Hall–Kier alpha value is -6.37. The highest BCUT2D eigenvalue weighted by Crippen LogP contribution is 2.48. The molecule has 0 aromatic heterocycles. The van der Waals surface area contributed by atoms with E-state index in [0.29, 0.717) is 17.9 Å². The van der Waals surface area contributed by atoms with Crippen molar-refractivity contribution in [3.63, 3.8) is 0 Å². The number of phenolic OH excluding ortho intramolecular Hbond substituents is 2. The Bertz CT molecular complexity index is 2790. The molecule has 1 aliphatic carbocycles. The summed E-state index contributed by atoms with van der Waals surface area (Å²) in [5.74, 6) is 1.85. The second-order valence-electron chi connectivity index (χ2n) is 14.7.